The van der Waals surface area contributed by atoms with E-state index in [1.165, 1.54) is 13.3 Å². The van der Waals surface area contributed by atoms with Gasteiger partial charge >= 0.3 is 12.1 Å². The molecule has 0 saturated carbocycles. The summed E-state index contributed by atoms with van der Waals surface area (Å²) in [5.41, 5.74) is 1.22. The molecule has 0 aliphatic carbocycles. The first-order valence-corrected chi connectivity index (χ1v) is 12.9. The van der Waals surface area contributed by atoms with Crippen LogP contribution in [0.15, 0.2) is 48.9 Å². The number of methoxy groups -OCH3 is 1. The van der Waals surface area contributed by atoms with Gasteiger partial charge in [0.15, 0.2) is 0 Å². The van der Waals surface area contributed by atoms with Crippen LogP contribution in [0.25, 0.3) is 5.57 Å². The molecule has 1 rings (SSSR count). The topological polar surface area (TPSA) is 135 Å². The average molecular weight is 546 g/mol. The molecule has 1 aromatic carbocycles. The second-order valence-electron chi connectivity index (χ2n) is 9.80. The van der Waals surface area contributed by atoms with Gasteiger partial charge in [-0.05, 0) is 64.9 Å². The first kappa shape index (κ1) is 33.1. The van der Waals surface area contributed by atoms with Crippen molar-refractivity contribution in [3.63, 3.8) is 0 Å². The number of hydrogen-bond acceptors (Lipinski definition) is 8. The lowest BCUT2D eigenvalue weighted by molar-refractivity contribution is -0.145. The van der Waals surface area contributed by atoms with Crippen molar-refractivity contribution in [2.24, 2.45) is 0 Å². The number of benzene rings is 1. The average Bonchev–Trinajstić information content (AvgIpc) is 2.85. The number of aliphatic hydroxyl groups is 1. The molecule has 2 amide bonds. The van der Waals surface area contributed by atoms with E-state index in [4.69, 9.17) is 14.2 Å². The minimum absolute atomic E-state index is 0.0794. The lowest BCUT2D eigenvalue weighted by atomic mass is 9.97. The Bertz CT molecular complexity index is 1050. The van der Waals surface area contributed by atoms with E-state index in [-0.39, 0.29) is 31.2 Å². The van der Waals surface area contributed by atoms with Gasteiger partial charge in [-0.25, -0.2) is 9.59 Å². The Labute approximate surface area is 231 Å². The van der Waals surface area contributed by atoms with Gasteiger partial charge in [0, 0.05) is 17.6 Å². The number of hydrogen-bond donors (Lipinski definition) is 4. The van der Waals surface area contributed by atoms with Gasteiger partial charge in [-0.15, -0.1) is 0 Å². The molecule has 0 saturated heterocycles. The standard InChI is InChI=1S/C29H43N3O7/c1-9-11-12-22(20(4)33)23-17-21(18-24(27(35)37-8)32-26(34)19(3)30-10-2)13-14-25(23)38-16-15-31-28(36)39-29(5,6)7/h10-14,17,19,24,30,33H,2,9,15-16,18H2,1,3-8H3,(H,31,36)(H,32,34)/b12-11+,22-20-/t19-,24?/m0/s1. The molecule has 0 aliphatic rings. The van der Waals surface area contributed by atoms with E-state index >= 15 is 0 Å². The van der Waals surface area contributed by atoms with Gasteiger partial charge in [-0.1, -0.05) is 31.7 Å². The molecule has 0 aromatic heterocycles. The van der Waals surface area contributed by atoms with Crippen molar-refractivity contribution >= 4 is 23.5 Å². The van der Waals surface area contributed by atoms with E-state index in [0.29, 0.717) is 22.4 Å². The Morgan fingerprint density at radius 3 is 2.46 bits per heavy atom. The number of carbonyl (C=O) groups is 3. The molecule has 1 unspecified atom stereocenters. The number of esters is 1. The molecular formula is C29H43N3O7. The van der Waals surface area contributed by atoms with Crippen LogP contribution in [0.2, 0.25) is 0 Å². The summed E-state index contributed by atoms with van der Waals surface area (Å²) >= 11 is 0. The van der Waals surface area contributed by atoms with Crippen LogP contribution < -0.4 is 20.7 Å². The summed E-state index contributed by atoms with van der Waals surface area (Å²) in [6, 6.07) is 3.74. The lowest BCUT2D eigenvalue weighted by Crippen LogP contribution is -2.49. The van der Waals surface area contributed by atoms with Crippen molar-refractivity contribution in [1.29, 1.82) is 0 Å². The Morgan fingerprint density at radius 2 is 1.90 bits per heavy atom. The fourth-order valence-electron chi connectivity index (χ4n) is 3.43. The van der Waals surface area contributed by atoms with Gasteiger partial charge in [-0.2, -0.15) is 0 Å². The smallest absolute Gasteiger partial charge is 0.407 e. The predicted octanol–water partition coefficient (Wildman–Crippen LogP) is 4.17. The van der Waals surface area contributed by atoms with Gasteiger partial charge in [0.2, 0.25) is 5.91 Å². The molecular weight excluding hydrogens is 502 g/mol. The summed E-state index contributed by atoms with van der Waals surface area (Å²) in [4.78, 5) is 36.9. The number of aliphatic hydroxyl groups excluding tert-OH is 1. The summed E-state index contributed by atoms with van der Waals surface area (Å²) in [5, 5.41) is 18.6. The van der Waals surface area contributed by atoms with Gasteiger partial charge < -0.3 is 35.3 Å². The third-order valence-electron chi connectivity index (χ3n) is 5.28. The molecule has 0 aliphatic heterocycles. The zero-order valence-electron chi connectivity index (χ0n) is 24.1. The molecule has 10 nitrogen and oxygen atoms in total. The number of amides is 2. The molecule has 39 heavy (non-hydrogen) atoms. The maximum Gasteiger partial charge on any atom is 0.407 e. The van der Waals surface area contributed by atoms with Crippen molar-refractivity contribution in [3.05, 3.63) is 60.0 Å². The molecule has 1 aromatic rings. The molecule has 0 heterocycles. The fourth-order valence-corrected chi connectivity index (χ4v) is 3.43. The normalized spacial score (nSPS) is 13.5. The molecule has 0 bridgehead atoms. The minimum atomic E-state index is -0.942. The first-order chi connectivity index (χ1) is 18.3. The third-order valence-corrected chi connectivity index (χ3v) is 5.28. The van der Waals surface area contributed by atoms with Crippen molar-refractivity contribution in [2.75, 3.05) is 20.3 Å². The molecule has 216 valence electrons. The summed E-state index contributed by atoms with van der Waals surface area (Å²) < 4.78 is 16.1. The van der Waals surface area contributed by atoms with Gasteiger partial charge in [0.1, 0.15) is 30.0 Å². The highest BCUT2D eigenvalue weighted by atomic mass is 16.6. The molecule has 0 radical (unpaired) electrons. The predicted molar refractivity (Wildman–Crippen MR) is 151 cm³/mol. The van der Waals surface area contributed by atoms with Gasteiger partial charge in [0.05, 0.1) is 19.4 Å². The van der Waals surface area contributed by atoms with Crippen LogP contribution in [0.5, 0.6) is 5.75 Å². The number of nitrogens with one attached hydrogen (secondary N) is 3. The van der Waals surface area contributed by atoms with Crippen LogP contribution in [0.3, 0.4) is 0 Å². The van der Waals surface area contributed by atoms with E-state index in [1.807, 2.05) is 13.0 Å². The van der Waals surface area contributed by atoms with Crippen LogP contribution >= 0.6 is 0 Å². The first-order valence-electron chi connectivity index (χ1n) is 12.9. The maximum absolute atomic E-state index is 12.5. The maximum atomic E-state index is 12.5. The second-order valence-corrected chi connectivity index (χ2v) is 9.80. The minimum Gasteiger partial charge on any atom is -0.512 e. The molecule has 4 N–H and O–H groups in total. The third kappa shape index (κ3) is 12.0. The summed E-state index contributed by atoms with van der Waals surface area (Å²) in [5.74, 6) is -0.433. The Balaban J connectivity index is 3.24. The Morgan fingerprint density at radius 1 is 1.21 bits per heavy atom. The van der Waals surface area contributed by atoms with E-state index in [1.54, 1.807) is 58.9 Å². The number of rotatable bonds is 14. The Hall–Kier alpha value is -3.95. The van der Waals surface area contributed by atoms with Crippen LogP contribution in [0, 0.1) is 0 Å². The SMILES string of the molecule is C=CN[C@@H](C)C(=O)NC(Cc1ccc(OCCNC(=O)OC(C)(C)C)c(C(/C=C/CC)=C(/C)O)c1)C(=O)OC. The van der Waals surface area contributed by atoms with Crippen molar-refractivity contribution in [3.8, 4) is 5.75 Å². The second kappa shape index (κ2) is 16.1. The zero-order chi connectivity index (χ0) is 29.6. The van der Waals surface area contributed by atoms with Crippen LogP contribution in [0.4, 0.5) is 4.79 Å². The highest BCUT2D eigenvalue weighted by molar-refractivity contribution is 5.87. The van der Waals surface area contributed by atoms with E-state index in [2.05, 4.69) is 22.5 Å². The Kier molecular flexibility index (Phi) is 13.7. The summed E-state index contributed by atoms with van der Waals surface area (Å²) in [6.07, 6.45) is 5.44. The summed E-state index contributed by atoms with van der Waals surface area (Å²) in [7, 11) is 1.26. The highest BCUT2D eigenvalue weighted by Crippen LogP contribution is 2.31. The molecule has 10 heteroatoms. The largest absolute Gasteiger partial charge is 0.512 e. The van der Waals surface area contributed by atoms with E-state index in [9.17, 15) is 19.5 Å². The number of alkyl carbamates (subject to hydrolysis) is 1. The highest BCUT2D eigenvalue weighted by Gasteiger charge is 2.25. The molecule has 0 fully saturated rings. The quantitative estimate of drug-likeness (QED) is 0.118. The monoisotopic (exact) mass is 545 g/mol. The van der Waals surface area contributed by atoms with Crippen molar-refractivity contribution < 1.29 is 33.7 Å². The van der Waals surface area contributed by atoms with Crippen molar-refractivity contribution in [2.45, 2.75) is 72.1 Å². The number of allylic oxidation sites excluding steroid dienone is 4. The van der Waals surface area contributed by atoms with Gasteiger partial charge in [-0.3, -0.25) is 4.79 Å². The van der Waals surface area contributed by atoms with Crippen LogP contribution in [-0.2, 0) is 25.5 Å². The molecule has 0 spiro atoms. The van der Waals surface area contributed by atoms with Crippen molar-refractivity contribution in [1.82, 2.24) is 16.0 Å². The van der Waals surface area contributed by atoms with E-state index in [0.717, 1.165) is 6.42 Å². The lowest BCUT2D eigenvalue weighted by Gasteiger charge is -2.21. The number of ether oxygens (including phenoxy) is 3. The van der Waals surface area contributed by atoms with Gasteiger partial charge in [0.25, 0.3) is 0 Å². The van der Waals surface area contributed by atoms with E-state index < -0.39 is 29.7 Å². The van der Waals surface area contributed by atoms with Crippen LogP contribution in [0.1, 0.15) is 59.1 Å². The zero-order valence-corrected chi connectivity index (χ0v) is 24.1. The fraction of sp³-hybridized carbons (Fsp3) is 0.483. The summed E-state index contributed by atoms with van der Waals surface area (Å²) in [6.45, 7) is 14.4. The molecule has 2 atom stereocenters. The van der Waals surface area contributed by atoms with Crippen LogP contribution in [-0.4, -0.2) is 61.0 Å². The number of carbonyl (C=O) groups excluding carboxylic acids is 3.